The summed E-state index contributed by atoms with van der Waals surface area (Å²) >= 11 is 0. The smallest absolute Gasteiger partial charge is 0.315 e. The van der Waals surface area contributed by atoms with Gasteiger partial charge in [-0.2, -0.15) is 4.31 Å². The molecule has 2 N–H and O–H groups in total. The summed E-state index contributed by atoms with van der Waals surface area (Å²) in [5.74, 6) is 0. The van der Waals surface area contributed by atoms with Crippen molar-refractivity contribution in [2.24, 2.45) is 0 Å². The summed E-state index contributed by atoms with van der Waals surface area (Å²) in [7, 11) is -1.91. The van der Waals surface area contributed by atoms with Crippen LogP contribution in [-0.4, -0.2) is 58.1 Å². The number of aryl methyl sites for hydroxylation is 1. The van der Waals surface area contributed by atoms with Gasteiger partial charge in [0.2, 0.25) is 10.0 Å². The fraction of sp³-hybridized carbons (Fsp3) is 0.588. The van der Waals surface area contributed by atoms with Crippen LogP contribution in [0.3, 0.4) is 0 Å². The molecule has 1 aliphatic rings. The maximum atomic E-state index is 12.8. The molecule has 8 heteroatoms. The summed E-state index contributed by atoms with van der Waals surface area (Å²) in [5, 5.41) is 5.62. The van der Waals surface area contributed by atoms with Gasteiger partial charge in [-0.25, -0.2) is 13.2 Å². The molecule has 7 nitrogen and oxygen atoms in total. The lowest BCUT2D eigenvalue weighted by Crippen LogP contribution is -2.51. The number of ether oxygens (including phenoxy) is 1. The molecule has 0 aromatic heterocycles. The number of sulfonamides is 1. The highest BCUT2D eigenvalue weighted by molar-refractivity contribution is 7.89. The number of carbonyl (C=O) groups excluding carboxylic acids is 1. The number of nitrogens with one attached hydrogen (secondary N) is 2. The van der Waals surface area contributed by atoms with E-state index in [-0.39, 0.29) is 12.1 Å². The Bertz CT molecular complexity index is 661. The van der Waals surface area contributed by atoms with E-state index in [1.165, 1.54) is 4.31 Å². The normalized spacial score (nSPS) is 18.7. The molecule has 1 atom stereocenters. The average Bonchev–Trinajstić information content (AvgIpc) is 2.59. The number of rotatable bonds is 7. The summed E-state index contributed by atoms with van der Waals surface area (Å²) in [5.41, 5.74) is 1.02. The predicted molar refractivity (Wildman–Crippen MR) is 96.0 cm³/mol. The van der Waals surface area contributed by atoms with Gasteiger partial charge >= 0.3 is 6.03 Å². The molecule has 1 heterocycles. The minimum Gasteiger partial charge on any atom is -0.385 e. The minimum atomic E-state index is -3.53. The highest BCUT2D eigenvalue weighted by atomic mass is 32.2. The molecule has 0 radical (unpaired) electrons. The van der Waals surface area contributed by atoms with E-state index in [4.69, 9.17) is 4.74 Å². The molecule has 1 aliphatic heterocycles. The van der Waals surface area contributed by atoms with Gasteiger partial charge in [0.1, 0.15) is 0 Å². The Morgan fingerprint density at radius 3 is 2.72 bits per heavy atom. The van der Waals surface area contributed by atoms with Crippen molar-refractivity contribution in [1.29, 1.82) is 0 Å². The van der Waals surface area contributed by atoms with Gasteiger partial charge in [-0.05, 0) is 38.3 Å². The fourth-order valence-corrected chi connectivity index (χ4v) is 4.32. The van der Waals surface area contributed by atoms with Crippen LogP contribution in [0.25, 0.3) is 0 Å². The number of piperidine rings is 1. The van der Waals surface area contributed by atoms with Crippen molar-refractivity contribution >= 4 is 16.1 Å². The maximum absolute atomic E-state index is 12.8. The molecule has 1 unspecified atom stereocenters. The van der Waals surface area contributed by atoms with E-state index in [0.29, 0.717) is 31.1 Å². The van der Waals surface area contributed by atoms with Gasteiger partial charge < -0.3 is 15.4 Å². The first kappa shape index (κ1) is 19.7. The van der Waals surface area contributed by atoms with Crippen LogP contribution in [0.15, 0.2) is 29.2 Å². The molecule has 140 valence electrons. The Balaban J connectivity index is 1.91. The molecule has 1 fully saturated rings. The second-order valence-corrected chi connectivity index (χ2v) is 8.20. The molecule has 0 spiro atoms. The number of hydrogen-bond acceptors (Lipinski definition) is 4. The Kier molecular flexibility index (Phi) is 7.22. The fourth-order valence-electron chi connectivity index (χ4n) is 2.79. The van der Waals surface area contributed by atoms with Gasteiger partial charge in [0, 0.05) is 39.4 Å². The first-order valence-corrected chi connectivity index (χ1v) is 9.97. The van der Waals surface area contributed by atoms with E-state index in [1.807, 2.05) is 6.92 Å². The zero-order valence-corrected chi connectivity index (χ0v) is 15.6. The molecule has 0 bridgehead atoms. The summed E-state index contributed by atoms with van der Waals surface area (Å²) in [6.07, 6.45) is 2.23. The summed E-state index contributed by atoms with van der Waals surface area (Å²) in [6, 6.07) is 6.39. The minimum absolute atomic E-state index is 0.184. The van der Waals surface area contributed by atoms with Crippen molar-refractivity contribution in [3.05, 3.63) is 29.8 Å². The Labute approximate surface area is 149 Å². The van der Waals surface area contributed by atoms with E-state index in [9.17, 15) is 13.2 Å². The molecule has 1 aromatic carbocycles. The molecule has 1 aromatic rings. The van der Waals surface area contributed by atoms with Crippen LogP contribution in [0, 0.1) is 6.92 Å². The number of nitrogens with zero attached hydrogens (tertiary/aromatic N) is 1. The Morgan fingerprint density at radius 2 is 2.04 bits per heavy atom. The van der Waals surface area contributed by atoms with Crippen LogP contribution >= 0.6 is 0 Å². The molecule has 1 saturated heterocycles. The largest absolute Gasteiger partial charge is 0.385 e. The van der Waals surface area contributed by atoms with Gasteiger partial charge in [-0.1, -0.05) is 17.7 Å². The van der Waals surface area contributed by atoms with Gasteiger partial charge in [0.15, 0.2) is 0 Å². The van der Waals surface area contributed by atoms with E-state index < -0.39 is 10.0 Å². The molecule has 2 amide bonds. The summed E-state index contributed by atoms with van der Waals surface area (Å²) in [6.45, 7) is 3.80. The van der Waals surface area contributed by atoms with E-state index >= 15 is 0 Å². The molecular formula is C17H27N3O4S. The van der Waals surface area contributed by atoms with Crippen molar-refractivity contribution in [2.75, 3.05) is 33.4 Å². The Morgan fingerprint density at radius 1 is 1.32 bits per heavy atom. The van der Waals surface area contributed by atoms with Gasteiger partial charge in [-0.3, -0.25) is 0 Å². The van der Waals surface area contributed by atoms with Crippen LogP contribution in [0.5, 0.6) is 0 Å². The second-order valence-electron chi connectivity index (χ2n) is 6.26. The second kappa shape index (κ2) is 9.17. The lowest BCUT2D eigenvalue weighted by Gasteiger charge is -2.32. The quantitative estimate of drug-likeness (QED) is 0.713. The average molecular weight is 369 g/mol. The van der Waals surface area contributed by atoms with E-state index in [1.54, 1.807) is 31.4 Å². The summed E-state index contributed by atoms with van der Waals surface area (Å²) in [4.78, 5) is 12.2. The third-order valence-corrected chi connectivity index (χ3v) is 6.07. The van der Waals surface area contributed by atoms with Crippen LogP contribution in [0.4, 0.5) is 4.79 Å². The first-order chi connectivity index (χ1) is 11.9. The van der Waals surface area contributed by atoms with Crippen molar-refractivity contribution in [3.63, 3.8) is 0 Å². The standard InChI is InChI=1S/C17H27N3O4S/c1-14-6-8-16(9-7-14)25(22,23)20-11-3-5-15(13-20)19-17(21)18-10-4-12-24-2/h6-9,15H,3-5,10-13H2,1-2H3,(H2,18,19,21). The summed E-state index contributed by atoms with van der Waals surface area (Å²) < 4.78 is 31.9. The van der Waals surface area contributed by atoms with E-state index in [0.717, 1.165) is 24.8 Å². The van der Waals surface area contributed by atoms with Crippen molar-refractivity contribution < 1.29 is 17.9 Å². The number of hydrogen-bond donors (Lipinski definition) is 2. The number of carbonyl (C=O) groups is 1. The highest BCUT2D eigenvalue weighted by Crippen LogP contribution is 2.21. The molecule has 25 heavy (non-hydrogen) atoms. The van der Waals surface area contributed by atoms with E-state index in [2.05, 4.69) is 10.6 Å². The number of methoxy groups -OCH3 is 1. The number of amides is 2. The number of urea groups is 1. The van der Waals surface area contributed by atoms with Crippen molar-refractivity contribution in [2.45, 2.75) is 37.1 Å². The zero-order chi connectivity index (χ0) is 18.3. The van der Waals surface area contributed by atoms with Crippen LogP contribution in [-0.2, 0) is 14.8 Å². The van der Waals surface area contributed by atoms with Crippen LogP contribution < -0.4 is 10.6 Å². The molecule has 0 saturated carbocycles. The van der Waals surface area contributed by atoms with Crippen molar-refractivity contribution in [3.8, 4) is 0 Å². The van der Waals surface area contributed by atoms with Crippen molar-refractivity contribution in [1.82, 2.24) is 14.9 Å². The molecule has 0 aliphatic carbocycles. The van der Waals surface area contributed by atoms with Gasteiger partial charge in [0.25, 0.3) is 0 Å². The molecule has 2 rings (SSSR count). The maximum Gasteiger partial charge on any atom is 0.315 e. The zero-order valence-electron chi connectivity index (χ0n) is 14.8. The first-order valence-electron chi connectivity index (χ1n) is 8.53. The van der Waals surface area contributed by atoms with Crippen LogP contribution in [0.2, 0.25) is 0 Å². The number of benzene rings is 1. The lowest BCUT2D eigenvalue weighted by molar-refractivity contribution is 0.192. The third-order valence-electron chi connectivity index (χ3n) is 4.19. The topological polar surface area (TPSA) is 87.7 Å². The van der Waals surface area contributed by atoms with Crippen LogP contribution in [0.1, 0.15) is 24.8 Å². The predicted octanol–water partition coefficient (Wildman–Crippen LogP) is 1.48. The third kappa shape index (κ3) is 5.69. The van der Waals surface area contributed by atoms with Gasteiger partial charge in [0.05, 0.1) is 4.90 Å². The Hall–Kier alpha value is -1.64. The SMILES string of the molecule is COCCCNC(=O)NC1CCCN(S(=O)(=O)c2ccc(C)cc2)C1. The molecular weight excluding hydrogens is 342 g/mol. The lowest BCUT2D eigenvalue weighted by atomic mass is 10.1. The van der Waals surface area contributed by atoms with Gasteiger partial charge in [-0.15, -0.1) is 0 Å². The monoisotopic (exact) mass is 369 g/mol. The highest BCUT2D eigenvalue weighted by Gasteiger charge is 2.30.